The summed E-state index contributed by atoms with van der Waals surface area (Å²) < 4.78 is 5.29. The van der Waals surface area contributed by atoms with E-state index < -0.39 is 0 Å². The van der Waals surface area contributed by atoms with E-state index in [0.29, 0.717) is 0 Å². The van der Waals surface area contributed by atoms with Crippen LogP contribution in [0, 0.1) is 5.92 Å². The molecule has 1 unspecified atom stereocenters. The average molecular weight is 231 g/mol. The second-order valence-corrected chi connectivity index (χ2v) is 4.63. The standard InChI is InChI=1S/C13H17N3O/c1-2-10(7-14-5-1)8-15-11-3-4-12-13(6-11)17-9-16-12/h3-4,6,9-10,14-15H,1-2,5,7-8H2. The van der Waals surface area contributed by atoms with Crippen molar-refractivity contribution in [2.24, 2.45) is 5.92 Å². The van der Waals surface area contributed by atoms with E-state index in [1.54, 1.807) is 0 Å². The summed E-state index contributed by atoms with van der Waals surface area (Å²) in [6.45, 7) is 3.31. The number of hydrogen-bond donors (Lipinski definition) is 2. The fraction of sp³-hybridized carbons (Fsp3) is 0.462. The predicted octanol–water partition coefficient (Wildman–Crippen LogP) is 2.24. The molecule has 1 aliphatic heterocycles. The third kappa shape index (κ3) is 2.42. The number of benzene rings is 1. The van der Waals surface area contributed by atoms with Crippen molar-refractivity contribution in [2.45, 2.75) is 12.8 Å². The fourth-order valence-electron chi connectivity index (χ4n) is 2.33. The van der Waals surface area contributed by atoms with Crippen molar-refractivity contribution < 1.29 is 4.42 Å². The van der Waals surface area contributed by atoms with Gasteiger partial charge in [-0.15, -0.1) is 0 Å². The van der Waals surface area contributed by atoms with Gasteiger partial charge in [0.15, 0.2) is 12.0 Å². The van der Waals surface area contributed by atoms with E-state index in [1.165, 1.54) is 25.8 Å². The van der Waals surface area contributed by atoms with Gasteiger partial charge in [-0.05, 0) is 44.0 Å². The minimum absolute atomic E-state index is 0.731. The van der Waals surface area contributed by atoms with Crippen LogP contribution in [0.5, 0.6) is 0 Å². The molecule has 3 rings (SSSR count). The predicted molar refractivity (Wildman–Crippen MR) is 68.1 cm³/mol. The van der Waals surface area contributed by atoms with Gasteiger partial charge in [-0.3, -0.25) is 0 Å². The Labute approximate surface area is 100 Å². The van der Waals surface area contributed by atoms with E-state index in [0.717, 1.165) is 35.8 Å². The molecule has 2 heterocycles. The van der Waals surface area contributed by atoms with Crippen molar-refractivity contribution in [3.8, 4) is 0 Å². The van der Waals surface area contributed by atoms with Crippen molar-refractivity contribution in [1.29, 1.82) is 0 Å². The average Bonchev–Trinajstić information content (AvgIpc) is 2.85. The number of aromatic nitrogens is 1. The van der Waals surface area contributed by atoms with Crippen molar-refractivity contribution in [2.75, 3.05) is 25.0 Å². The largest absolute Gasteiger partial charge is 0.443 e. The van der Waals surface area contributed by atoms with Gasteiger partial charge in [0.2, 0.25) is 0 Å². The molecule has 0 aliphatic carbocycles. The molecule has 4 nitrogen and oxygen atoms in total. The van der Waals surface area contributed by atoms with Crippen LogP contribution in [-0.2, 0) is 0 Å². The Kier molecular flexibility index (Phi) is 2.96. The van der Waals surface area contributed by atoms with Crippen LogP contribution in [0.2, 0.25) is 0 Å². The summed E-state index contributed by atoms with van der Waals surface area (Å²) in [6, 6.07) is 6.06. The Morgan fingerprint density at radius 1 is 1.47 bits per heavy atom. The van der Waals surface area contributed by atoms with Gasteiger partial charge in [-0.25, -0.2) is 4.98 Å². The van der Waals surface area contributed by atoms with Crippen LogP contribution < -0.4 is 10.6 Å². The minimum atomic E-state index is 0.731. The van der Waals surface area contributed by atoms with Gasteiger partial charge in [0.25, 0.3) is 0 Å². The molecule has 90 valence electrons. The molecule has 0 bridgehead atoms. The molecule has 0 amide bonds. The summed E-state index contributed by atoms with van der Waals surface area (Å²) in [5.41, 5.74) is 2.87. The number of nitrogens with zero attached hydrogens (tertiary/aromatic N) is 1. The van der Waals surface area contributed by atoms with Crippen LogP contribution in [-0.4, -0.2) is 24.6 Å². The smallest absolute Gasteiger partial charge is 0.181 e. The zero-order valence-electron chi connectivity index (χ0n) is 9.78. The van der Waals surface area contributed by atoms with Crippen molar-refractivity contribution in [3.05, 3.63) is 24.6 Å². The number of piperidine rings is 1. The molecule has 1 aliphatic rings. The highest BCUT2D eigenvalue weighted by Gasteiger charge is 2.12. The summed E-state index contributed by atoms with van der Waals surface area (Å²) in [5, 5.41) is 6.90. The number of anilines is 1. The van der Waals surface area contributed by atoms with E-state index in [2.05, 4.69) is 21.7 Å². The molecule has 1 atom stereocenters. The van der Waals surface area contributed by atoms with Gasteiger partial charge < -0.3 is 15.1 Å². The lowest BCUT2D eigenvalue weighted by Gasteiger charge is -2.23. The summed E-state index contributed by atoms with van der Waals surface area (Å²) in [4.78, 5) is 4.11. The fourth-order valence-corrected chi connectivity index (χ4v) is 2.33. The molecular weight excluding hydrogens is 214 g/mol. The second kappa shape index (κ2) is 4.75. The lowest BCUT2D eigenvalue weighted by atomic mass is 10.00. The minimum Gasteiger partial charge on any atom is -0.443 e. The Morgan fingerprint density at radius 3 is 3.35 bits per heavy atom. The summed E-state index contributed by atoms with van der Waals surface area (Å²) in [7, 11) is 0. The van der Waals surface area contributed by atoms with E-state index >= 15 is 0 Å². The quantitative estimate of drug-likeness (QED) is 0.850. The Bertz CT molecular complexity index is 488. The molecule has 4 heteroatoms. The molecule has 1 saturated heterocycles. The van der Waals surface area contributed by atoms with Crippen molar-refractivity contribution >= 4 is 16.8 Å². The van der Waals surface area contributed by atoms with E-state index in [-0.39, 0.29) is 0 Å². The zero-order chi connectivity index (χ0) is 11.5. The van der Waals surface area contributed by atoms with Crippen LogP contribution in [0.4, 0.5) is 5.69 Å². The van der Waals surface area contributed by atoms with Gasteiger partial charge in [0.05, 0.1) is 0 Å². The summed E-state index contributed by atoms with van der Waals surface area (Å²) in [5.74, 6) is 0.731. The van der Waals surface area contributed by atoms with E-state index in [9.17, 15) is 0 Å². The third-order valence-corrected chi connectivity index (χ3v) is 3.33. The topological polar surface area (TPSA) is 50.1 Å². The number of hydrogen-bond acceptors (Lipinski definition) is 4. The number of fused-ring (bicyclic) bond motifs is 1. The Hall–Kier alpha value is -1.55. The van der Waals surface area contributed by atoms with Crippen molar-refractivity contribution in [1.82, 2.24) is 10.3 Å². The van der Waals surface area contributed by atoms with Gasteiger partial charge in [-0.2, -0.15) is 0 Å². The van der Waals surface area contributed by atoms with Crippen LogP contribution in [0.15, 0.2) is 29.0 Å². The molecular formula is C13H17N3O. The molecule has 1 aromatic heterocycles. The van der Waals surface area contributed by atoms with Gasteiger partial charge in [0.1, 0.15) is 5.52 Å². The zero-order valence-corrected chi connectivity index (χ0v) is 9.78. The first kappa shape index (κ1) is 10.6. The summed E-state index contributed by atoms with van der Waals surface area (Å²) >= 11 is 0. The van der Waals surface area contributed by atoms with Crippen LogP contribution in [0.3, 0.4) is 0 Å². The normalized spacial score (nSPS) is 20.6. The van der Waals surface area contributed by atoms with Gasteiger partial charge in [-0.1, -0.05) is 0 Å². The van der Waals surface area contributed by atoms with Crippen LogP contribution in [0.25, 0.3) is 11.1 Å². The Balaban J connectivity index is 1.63. The molecule has 1 aromatic carbocycles. The lowest BCUT2D eigenvalue weighted by Crippen LogP contribution is -2.33. The first-order valence-corrected chi connectivity index (χ1v) is 6.20. The first-order chi connectivity index (χ1) is 8.42. The SMILES string of the molecule is c1nc2ccc(NCC3CCCNC3)cc2o1. The van der Waals surface area contributed by atoms with Gasteiger partial charge >= 0.3 is 0 Å². The van der Waals surface area contributed by atoms with Gasteiger partial charge in [0, 0.05) is 18.3 Å². The molecule has 2 N–H and O–H groups in total. The maximum Gasteiger partial charge on any atom is 0.181 e. The maximum atomic E-state index is 5.29. The molecule has 1 fully saturated rings. The third-order valence-electron chi connectivity index (χ3n) is 3.33. The number of oxazole rings is 1. The molecule has 0 spiro atoms. The van der Waals surface area contributed by atoms with Crippen LogP contribution >= 0.6 is 0 Å². The molecule has 0 saturated carbocycles. The highest BCUT2D eigenvalue weighted by molar-refractivity contribution is 5.76. The monoisotopic (exact) mass is 231 g/mol. The second-order valence-electron chi connectivity index (χ2n) is 4.63. The molecule has 17 heavy (non-hydrogen) atoms. The van der Waals surface area contributed by atoms with Crippen LogP contribution in [0.1, 0.15) is 12.8 Å². The molecule has 0 radical (unpaired) electrons. The lowest BCUT2D eigenvalue weighted by molar-refractivity contribution is 0.393. The Morgan fingerprint density at radius 2 is 2.47 bits per heavy atom. The highest BCUT2D eigenvalue weighted by atomic mass is 16.3. The molecule has 2 aromatic rings. The van der Waals surface area contributed by atoms with Crippen molar-refractivity contribution in [3.63, 3.8) is 0 Å². The van der Waals surface area contributed by atoms with E-state index in [1.807, 2.05) is 12.1 Å². The van der Waals surface area contributed by atoms with E-state index in [4.69, 9.17) is 4.42 Å². The summed E-state index contributed by atoms with van der Waals surface area (Å²) in [6.07, 6.45) is 4.08. The number of nitrogens with one attached hydrogen (secondary N) is 2. The highest BCUT2D eigenvalue weighted by Crippen LogP contribution is 2.18. The maximum absolute atomic E-state index is 5.29. The first-order valence-electron chi connectivity index (χ1n) is 6.20. The number of rotatable bonds is 3.